The molecule has 0 saturated carbocycles. The number of carbonyl (C=O) groups is 5. The van der Waals surface area contributed by atoms with Gasteiger partial charge in [0.15, 0.2) is 27.3 Å². The van der Waals surface area contributed by atoms with Gasteiger partial charge in [-0.05, 0) is 125 Å². The molecular formula is C71H75Cl3N18O12S2. The Hall–Kier alpha value is -11.8. The van der Waals surface area contributed by atoms with Crippen LogP contribution in [0.15, 0.2) is 182 Å². The minimum Gasteiger partial charge on any atom is -0.495 e. The number of amides is 3. The van der Waals surface area contributed by atoms with Gasteiger partial charge in [0.05, 0.1) is 90.3 Å². The number of sulfone groups is 1. The molecule has 0 bridgehead atoms. The number of nitrogens with one attached hydrogen (secondary N) is 9. The zero-order valence-electron chi connectivity index (χ0n) is 58.9. The normalized spacial score (nSPS) is 10.9. The van der Waals surface area contributed by atoms with Gasteiger partial charge < -0.3 is 67.0 Å². The molecule has 0 atom stereocenters. The molecule has 0 spiro atoms. The van der Waals surface area contributed by atoms with Crippen LogP contribution in [0.4, 0.5) is 80.9 Å². The standard InChI is InChI=1S/C26H31ClN6O4S.C23H20ClN5O4.C22H24ClN7O4S/c1-17(2)38(35,36)23-10-7-6-9-20(23)30-25-19(27)16-28-26(32-25)31-21-15-18(12-13-22(21)37-5)29-24(34)11-8-14-33(3)4;1-4-18(30)20(31)13-9-10-19(33-3)17(11-13)28-23-26-12-15(24)21(29-23)27-16-8-6-5-7-14(16)22(32)25-2;1-5-19(31)27-15-8-9-18(34-3)17(11-15)28-22-26-13-16(23)20(29-22)25-12-14-7-6-10-24-21(14)30(2)35(4,32)33/h6-13,15-17H,14H2,1-5H3,(H,29,34)(H2,28,30,31,32);4-12H,1H2,2-3H3,(H,25,32)(H2,26,27,28,29);5-11,13H,1,12H2,2-4H3,(H,27,31)(H2,25,26,28,29)/b11-8+;;. The molecule has 0 fully saturated rings. The Labute approximate surface area is 627 Å². The summed E-state index contributed by atoms with van der Waals surface area (Å²) < 4.78 is 66.8. The van der Waals surface area contributed by atoms with Crippen LogP contribution in [-0.4, -0.2) is 153 Å². The van der Waals surface area contributed by atoms with Crippen LogP contribution < -0.4 is 66.4 Å². The second-order valence-electron chi connectivity index (χ2n) is 22.6. The van der Waals surface area contributed by atoms with Gasteiger partial charge in [-0.2, -0.15) is 15.0 Å². The first kappa shape index (κ1) is 81.5. The number of likely N-dealkylation sites (N-methyl/N-ethyl adjacent to an activating group) is 1. The van der Waals surface area contributed by atoms with Gasteiger partial charge in [0.2, 0.25) is 51.2 Å². The van der Waals surface area contributed by atoms with Crippen LogP contribution in [0.5, 0.6) is 17.2 Å². The highest BCUT2D eigenvalue weighted by atomic mass is 35.5. The Morgan fingerprint density at radius 3 is 1.58 bits per heavy atom. The summed E-state index contributed by atoms with van der Waals surface area (Å²) in [5.74, 6) is 0.639. The number of rotatable bonds is 30. The molecule has 0 saturated heterocycles. The number of hydrogen-bond donors (Lipinski definition) is 9. The zero-order valence-corrected chi connectivity index (χ0v) is 62.8. The Balaban J connectivity index is 0.000000222. The summed E-state index contributed by atoms with van der Waals surface area (Å²) in [6, 6.07) is 31.5. The molecule has 9 aromatic rings. The van der Waals surface area contributed by atoms with Crippen LogP contribution in [0.2, 0.25) is 15.1 Å². The van der Waals surface area contributed by atoms with Gasteiger partial charge in [-0.25, -0.2) is 36.8 Å². The van der Waals surface area contributed by atoms with E-state index in [1.807, 2.05) is 19.0 Å². The first-order valence-corrected chi connectivity index (χ1v) is 36.0. The number of anilines is 14. The van der Waals surface area contributed by atoms with Crippen molar-refractivity contribution in [2.45, 2.75) is 30.5 Å². The van der Waals surface area contributed by atoms with Crippen molar-refractivity contribution in [3.8, 4) is 17.2 Å². The Morgan fingerprint density at radius 1 is 0.575 bits per heavy atom. The summed E-state index contributed by atoms with van der Waals surface area (Å²) >= 11 is 18.9. The number of hydrogen-bond acceptors (Lipinski definition) is 26. The van der Waals surface area contributed by atoms with E-state index in [0.29, 0.717) is 80.5 Å². The molecule has 0 radical (unpaired) electrons. The van der Waals surface area contributed by atoms with Crippen LogP contribution in [0.25, 0.3) is 0 Å². The summed E-state index contributed by atoms with van der Waals surface area (Å²) in [6.07, 6.45) is 12.2. The van der Waals surface area contributed by atoms with Gasteiger partial charge in [-0.1, -0.05) is 84.4 Å². The number of carbonyl (C=O) groups excluding carboxylic acids is 5. The van der Waals surface area contributed by atoms with Gasteiger partial charge in [0.1, 0.15) is 38.1 Å². The third-order valence-electron chi connectivity index (χ3n) is 14.5. The van der Waals surface area contributed by atoms with Crippen molar-refractivity contribution in [3.63, 3.8) is 0 Å². The first-order valence-electron chi connectivity index (χ1n) is 31.5. The average Bonchev–Trinajstić information content (AvgIpc) is 0.808. The smallest absolute Gasteiger partial charge is 0.253 e. The third kappa shape index (κ3) is 22.6. The highest BCUT2D eigenvalue weighted by molar-refractivity contribution is 7.92. The average molecular weight is 1540 g/mol. The van der Waals surface area contributed by atoms with Gasteiger partial charge in [-0.15, -0.1) is 0 Å². The Bertz CT molecular complexity index is 5000. The van der Waals surface area contributed by atoms with Gasteiger partial charge in [0, 0.05) is 62.0 Å². The number of nitrogens with zero attached hydrogens (tertiary/aromatic N) is 9. The molecule has 0 aliphatic rings. The minimum absolute atomic E-state index is 0.136. The number of para-hydroxylation sites is 2. The number of allylic oxidation sites excluding steroid dienone is 1. The second kappa shape index (κ2) is 38.1. The quantitative estimate of drug-likeness (QED) is 0.0115. The van der Waals surface area contributed by atoms with Crippen molar-refractivity contribution >= 4 is 165 Å². The maximum Gasteiger partial charge on any atom is 0.253 e. The molecule has 4 heterocycles. The van der Waals surface area contributed by atoms with E-state index in [-0.39, 0.29) is 85.1 Å². The lowest BCUT2D eigenvalue weighted by atomic mass is 10.1. The monoisotopic (exact) mass is 1540 g/mol. The van der Waals surface area contributed by atoms with Gasteiger partial charge in [-0.3, -0.25) is 28.3 Å². The number of halogens is 3. The fourth-order valence-electron chi connectivity index (χ4n) is 9.08. The first-order chi connectivity index (χ1) is 50.5. The molecule has 554 valence electrons. The topological polar surface area (TPSA) is 386 Å². The van der Waals surface area contributed by atoms with E-state index in [1.54, 1.807) is 117 Å². The predicted molar refractivity (Wildman–Crippen MR) is 415 cm³/mol. The molecule has 106 heavy (non-hydrogen) atoms. The van der Waals surface area contributed by atoms with E-state index in [2.05, 4.69) is 95.9 Å². The molecule has 0 unspecified atom stereocenters. The second-order valence-corrected chi connectivity index (χ2v) is 28.3. The number of sulfonamides is 1. The van der Waals surface area contributed by atoms with Crippen LogP contribution in [0.1, 0.15) is 40.1 Å². The fraction of sp³-hybridized carbons (Fsp3) is 0.183. The predicted octanol–water partition coefficient (Wildman–Crippen LogP) is 12.2. The van der Waals surface area contributed by atoms with Crippen LogP contribution in [0, 0.1) is 0 Å². The van der Waals surface area contributed by atoms with Crippen molar-refractivity contribution in [1.82, 2.24) is 45.1 Å². The molecule has 4 aromatic heterocycles. The van der Waals surface area contributed by atoms with E-state index in [9.17, 15) is 40.8 Å². The fourth-order valence-corrected chi connectivity index (χ4v) is 11.2. The van der Waals surface area contributed by atoms with E-state index in [0.717, 1.165) is 16.6 Å². The molecular weight excluding hydrogens is 1470 g/mol. The molecule has 35 heteroatoms. The van der Waals surface area contributed by atoms with E-state index >= 15 is 0 Å². The highest BCUT2D eigenvalue weighted by Crippen LogP contribution is 2.36. The van der Waals surface area contributed by atoms with Crippen LogP contribution in [0.3, 0.4) is 0 Å². The van der Waals surface area contributed by atoms with Gasteiger partial charge >= 0.3 is 0 Å². The lowest BCUT2D eigenvalue weighted by Gasteiger charge is -2.19. The highest BCUT2D eigenvalue weighted by Gasteiger charge is 2.25. The van der Waals surface area contributed by atoms with Crippen molar-refractivity contribution in [3.05, 3.63) is 209 Å². The van der Waals surface area contributed by atoms with Crippen LogP contribution >= 0.6 is 34.8 Å². The summed E-state index contributed by atoms with van der Waals surface area (Å²) in [7, 11) is 4.23. The number of methoxy groups -OCH3 is 3. The third-order valence-corrected chi connectivity index (χ3v) is 18.7. The largest absolute Gasteiger partial charge is 0.495 e. The van der Waals surface area contributed by atoms with Crippen molar-refractivity contribution in [2.24, 2.45) is 0 Å². The van der Waals surface area contributed by atoms with E-state index in [1.165, 1.54) is 90.6 Å². The molecule has 30 nitrogen and oxygen atoms in total. The number of aromatic nitrogens is 7. The molecule has 0 aliphatic heterocycles. The molecule has 3 amide bonds. The maximum absolute atomic E-state index is 12.8. The van der Waals surface area contributed by atoms with Gasteiger partial charge in [0.25, 0.3) is 5.91 Å². The number of benzene rings is 5. The molecule has 9 N–H and O–H groups in total. The lowest BCUT2D eigenvalue weighted by molar-refractivity contribution is -0.112. The minimum atomic E-state index is -3.56. The number of ketones is 2. The summed E-state index contributed by atoms with van der Waals surface area (Å²) in [4.78, 5) is 92.0. The number of pyridine rings is 1. The number of Topliss-reactive ketones (excluding diaryl/α,β-unsaturated/α-hetero) is 1. The van der Waals surface area contributed by atoms with Crippen molar-refractivity contribution in [2.75, 3.05) is 109 Å². The van der Waals surface area contributed by atoms with Crippen LogP contribution in [-0.2, 0) is 40.8 Å². The molecule has 9 rings (SSSR count). The summed E-state index contributed by atoms with van der Waals surface area (Å²) in [6.45, 7) is 10.8. The molecule has 5 aromatic carbocycles. The van der Waals surface area contributed by atoms with E-state index < -0.39 is 36.7 Å². The summed E-state index contributed by atoms with van der Waals surface area (Å²) in [5, 5.41) is 26.4. The number of ether oxygens (including phenoxy) is 3. The summed E-state index contributed by atoms with van der Waals surface area (Å²) in [5.41, 5.74) is 4.44. The van der Waals surface area contributed by atoms with Crippen molar-refractivity contribution < 1.29 is 55.0 Å². The zero-order chi connectivity index (χ0) is 77.4. The molecule has 0 aliphatic carbocycles. The Kier molecular flexibility index (Phi) is 29.3. The Morgan fingerprint density at radius 2 is 1.07 bits per heavy atom. The maximum atomic E-state index is 12.8. The SMILES string of the molecule is C=CC(=O)C(=O)c1ccc(OC)c(Nc2ncc(Cl)c(Nc3ccccc3C(=O)NC)n2)c1.C=CC(=O)Nc1ccc(OC)c(Nc2ncc(Cl)c(NCc3cccnc3N(C)S(C)(=O)=O)n2)c1.COc1ccc(NC(=O)/C=C/CN(C)C)cc1Nc1ncc(Cl)c(Nc2ccccc2S(=O)(=O)C(C)C)n1. The lowest BCUT2D eigenvalue weighted by Crippen LogP contribution is -2.27. The van der Waals surface area contributed by atoms with E-state index in [4.69, 9.17) is 49.0 Å². The van der Waals surface area contributed by atoms with Crippen molar-refractivity contribution in [1.29, 1.82) is 0 Å².